The number of hydrogen-bond acceptors (Lipinski definition) is 3. The van der Waals surface area contributed by atoms with Gasteiger partial charge in [-0.15, -0.1) is 0 Å². The maximum absolute atomic E-state index is 12.0. The van der Waals surface area contributed by atoms with Gasteiger partial charge < -0.3 is 4.74 Å². The first kappa shape index (κ1) is 16.0. The van der Waals surface area contributed by atoms with Gasteiger partial charge >= 0.3 is 5.97 Å². The first-order chi connectivity index (χ1) is 11.2. The molecule has 0 fully saturated rings. The highest BCUT2D eigenvalue weighted by molar-refractivity contribution is 6.30. The van der Waals surface area contributed by atoms with Crippen molar-refractivity contribution in [2.75, 3.05) is 20.2 Å². The molecule has 1 aliphatic heterocycles. The summed E-state index contributed by atoms with van der Waals surface area (Å²) in [5.41, 5.74) is 4.35. The molecule has 0 radical (unpaired) electrons. The Morgan fingerprint density at radius 2 is 2.00 bits per heavy atom. The molecular formula is C19H20ClNO2. The molecule has 120 valence electrons. The molecule has 2 aromatic rings. The lowest BCUT2D eigenvalue weighted by Crippen LogP contribution is -2.33. The molecule has 0 aliphatic carbocycles. The zero-order valence-electron chi connectivity index (χ0n) is 13.2. The highest BCUT2D eigenvalue weighted by atomic mass is 35.5. The number of esters is 1. The summed E-state index contributed by atoms with van der Waals surface area (Å²) in [7, 11) is 1.43. The van der Waals surface area contributed by atoms with E-state index >= 15 is 0 Å². The summed E-state index contributed by atoms with van der Waals surface area (Å²) < 4.78 is 4.91. The van der Waals surface area contributed by atoms with Gasteiger partial charge in [0.05, 0.1) is 12.7 Å². The number of methoxy groups -OCH3 is 1. The summed E-state index contributed by atoms with van der Waals surface area (Å²) in [5.74, 6) is -0.249. The smallest absolute Gasteiger partial charge is 0.338 e. The zero-order chi connectivity index (χ0) is 16.2. The standard InChI is InChI=1S/C19H20ClNO2/c1-23-19(22)17-4-2-3-15-10-12-21(13-18(15)17)11-9-14-5-7-16(20)8-6-14/h2-8H,9-13H2,1H3. The van der Waals surface area contributed by atoms with Crippen LogP contribution in [0.4, 0.5) is 0 Å². The molecule has 0 saturated heterocycles. The molecule has 2 aromatic carbocycles. The molecule has 4 heteroatoms. The van der Waals surface area contributed by atoms with E-state index in [2.05, 4.69) is 23.1 Å². The van der Waals surface area contributed by atoms with Crippen LogP contribution in [0.1, 0.15) is 27.0 Å². The van der Waals surface area contributed by atoms with Crippen LogP contribution in [0.2, 0.25) is 5.02 Å². The molecular weight excluding hydrogens is 310 g/mol. The second-order valence-electron chi connectivity index (χ2n) is 5.84. The van der Waals surface area contributed by atoms with Crippen molar-refractivity contribution in [1.29, 1.82) is 0 Å². The number of rotatable bonds is 4. The van der Waals surface area contributed by atoms with E-state index in [0.717, 1.165) is 43.1 Å². The molecule has 0 N–H and O–H groups in total. The van der Waals surface area contributed by atoms with Gasteiger partial charge in [0.15, 0.2) is 0 Å². The Morgan fingerprint density at radius 3 is 2.74 bits per heavy atom. The van der Waals surface area contributed by atoms with E-state index in [1.165, 1.54) is 18.2 Å². The Kier molecular flexibility index (Phi) is 4.99. The van der Waals surface area contributed by atoms with E-state index in [4.69, 9.17) is 16.3 Å². The lowest BCUT2D eigenvalue weighted by Gasteiger charge is -2.29. The van der Waals surface area contributed by atoms with E-state index in [9.17, 15) is 4.79 Å². The maximum Gasteiger partial charge on any atom is 0.338 e. The van der Waals surface area contributed by atoms with Gasteiger partial charge in [0.2, 0.25) is 0 Å². The fourth-order valence-electron chi connectivity index (χ4n) is 3.07. The van der Waals surface area contributed by atoms with Crippen molar-refractivity contribution in [2.24, 2.45) is 0 Å². The Bertz CT molecular complexity index is 697. The fraction of sp³-hybridized carbons (Fsp3) is 0.316. The van der Waals surface area contributed by atoms with Crippen LogP contribution in [0, 0.1) is 0 Å². The van der Waals surface area contributed by atoms with Gasteiger partial charge in [0.25, 0.3) is 0 Å². The van der Waals surface area contributed by atoms with E-state index in [0.29, 0.717) is 5.56 Å². The van der Waals surface area contributed by atoms with E-state index in [1.807, 2.05) is 24.3 Å². The minimum atomic E-state index is -0.249. The minimum Gasteiger partial charge on any atom is -0.465 e. The van der Waals surface area contributed by atoms with Gasteiger partial charge in [-0.1, -0.05) is 35.9 Å². The number of fused-ring (bicyclic) bond motifs is 1. The Hall–Kier alpha value is -1.84. The lowest BCUT2D eigenvalue weighted by atomic mass is 9.94. The third-order valence-electron chi connectivity index (χ3n) is 4.39. The number of ether oxygens (including phenoxy) is 1. The number of halogens is 1. The molecule has 0 spiro atoms. The highest BCUT2D eigenvalue weighted by Crippen LogP contribution is 2.23. The molecule has 0 saturated carbocycles. The van der Waals surface area contributed by atoms with Crippen LogP contribution < -0.4 is 0 Å². The molecule has 3 rings (SSSR count). The molecule has 0 bridgehead atoms. The SMILES string of the molecule is COC(=O)c1cccc2c1CN(CCc1ccc(Cl)cc1)CC2. The number of carbonyl (C=O) groups is 1. The zero-order valence-corrected chi connectivity index (χ0v) is 14.0. The first-order valence-corrected chi connectivity index (χ1v) is 8.21. The van der Waals surface area contributed by atoms with Crippen molar-refractivity contribution in [2.45, 2.75) is 19.4 Å². The minimum absolute atomic E-state index is 0.249. The maximum atomic E-state index is 12.0. The summed E-state index contributed by atoms with van der Waals surface area (Å²) in [6, 6.07) is 13.9. The molecule has 0 atom stereocenters. The van der Waals surface area contributed by atoms with E-state index in [-0.39, 0.29) is 5.97 Å². The molecule has 0 amide bonds. The van der Waals surface area contributed by atoms with Crippen LogP contribution in [-0.2, 0) is 24.1 Å². The molecule has 1 heterocycles. The van der Waals surface area contributed by atoms with Crippen molar-refractivity contribution < 1.29 is 9.53 Å². The van der Waals surface area contributed by atoms with Crippen LogP contribution in [0.3, 0.4) is 0 Å². The van der Waals surface area contributed by atoms with E-state index in [1.54, 1.807) is 0 Å². The van der Waals surface area contributed by atoms with Gasteiger partial charge in [-0.05, 0) is 47.7 Å². The van der Waals surface area contributed by atoms with Crippen molar-refractivity contribution in [3.63, 3.8) is 0 Å². The van der Waals surface area contributed by atoms with Gasteiger partial charge in [-0.3, -0.25) is 4.90 Å². The molecule has 0 aromatic heterocycles. The summed E-state index contributed by atoms with van der Waals surface area (Å²) >= 11 is 5.92. The van der Waals surface area contributed by atoms with Crippen LogP contribution in [0.15, 0.2) is 42.5 Å². The van der Waals surface area contributed by atoms with Crippen LogP contribution in [0.5, 0.6) is 0 Å². The third-order valence-corrected chi connectivity index (χ3v) is 4.64. The average Bonchev–Trinajstić information content (AvgIpc) is 2.60. The van der Waals surface area contributed by atoms with Crippen LogP contribution >= 0.6 is 11.6 Å². The summed E-state index contributed by atoms with van der Waals surface area (Å²) in [6.45, 7) is 2.79. The predicted octanol–water partition coefficient (Wildman–Crippen LogP) is 3.73. The fourth-order valence-corrected chi connectivity index (χ4v) is 3.19. The van der Waals surface area contributed by atoms with Crippen molar-refractivity contribution in [3.05, 3.63) is 69.7 Å². The third kappa shape index (κ3) is 3.74. The number of hydrogen-bond donors (Lipinski definition) is 0. The summed E-state index contributed by atoms with van der Waals surface area (Å²) in [4.78, 5) is 14.3. The second kappa shape index (κ2) is 7.16. The average molecular weight is 330 g/mol. The Labute approximate surface area is 141 Å². The lowest BCUT2D eigenvalue weighted by molar-refractivity contribution is 0.0597. The Morgan fingerprint density at radius 1 is 1.22 bits per heavy atom. The second-order valence-corrected chi connectivity index (χ2v) is 6.27. The predicted molar refractivity (Wildman–Crippen MR) is 91.9 cm³/mol. The Balaban J connectivity index is 1.69. The van der Waals surface area contributed by atoms with Crippen molar-refractivity contribution in [1.82, 2.24) is 4.90 Å². The molecule has 0 unspecified atom stereocenters. The number of carbonyl (C=O) groups excluding carboxylic acids is 1. The van der Waals surface area contributed by atoms with Crippen LogP contribution in [-0.4, -0.2) is 31.1 Å². The largest absolute Gasteiger partial charge is 0.465 e. The summed E-state index contributed by atoms with van der Waals surface area (Å²) in [5, 5.41) is 0.767. The number of benzene rings is 2. The van der Waals surface area contributed by atoms with Crippen LogP contribution in [0.25, 0.3) is 0 Å². The van der Waals surface area contributed by atoms with Gasteiger partial charge in [-0.25, -0.2) is 4.79 Å². The quantitative estimate of drug-likeness (QED) is 0.800. The van der Waals surface area contributed by atoms with Crippen molar-refractivity contribution >= 4 is 17.6 Å². The monoisotopic (exact) mass is 329 g/mol. The molecule has 23 heavy (non-hydrogen) atoms. The van der Waals surface area contributed by atoms with Gasteiger partial charge in [0.1, 0.15) is 0 Å². The summed E-state index contributed by atoms with van der Waals surface area (Å²) in [6.07, 6.45) is 1.95. The topological polar surface area (TPSA) is 29.5 Å². The molecule has 1 aliphatic rings. The van der Waals surface area contributed by atoms with Crippen molar-refractivity contribution in [3.8, 4) is 0 Å². The number of nitrogens with zero attached hydrogens (tertiary/aromatic N) is 1. The van der Waals surface area contributed by atoms with Gasteiger partial charge in [-0.2, -0.15) is 0 Å². The van der Waals surface area contributed by atoms with E-state index < -0.39 is 0 Å². The first-order valence-electron chi connectivity index (χ1n) is 7.83. The normalized spacial score (nSPS) is 14.3. The van der Waals surface area contributed by atoms with Gasteiger partial charge in [0, 0.05) is 24.7 Å². The molecule has 3 nitrogen and oxygen atoms in total. The highest BCUT2D eigenvalue weighted by Gasteiger charge is 2.21.